The highest BCUT2D eigenvalue weighted by Crippen LogP contribution is 2.06. The molecule has 0 fully saturated rings. The van der Waals surface area contributed by atoms with Crippen molar-refractivity contribution in [2.24, 2.45) is 11.8 Å². The first-order valence-electron chi connectivity index (χ1n) is 7.04. The smallest absolute Gasteiger partial charge is 0.323 e. The molecule has 2 atom stereocenters. The van der Waals surface area contributed by atoms with E-state index in [9.17, 15) is 19.2 Å². The molecule has 0 aromatic rings. The quantitative estimate of drug-likeness (QED) is 0.395. The van der Waals surface area contributed by atoms with E-state index in [-0.39, 0.29) is 42.0 Å². The first-order valence-corrected chi connectivity index (χ1v) is 7.04. The lowest BCUT2D eigenvalue weighted by Crippen LogP contribution is -2.09. The van der Waals surface area contributed by atoms with Crippen LogP contribution in [0.25, 0.3) is 5.53 Å². The Morgan fingerprint density at radius 1 is 1.00 bits per heavy atom. The zero-order valence-corrected chi connectivity index (χ0v) is 13.5. The molecule has 0 heterocycles. The van der Waals surface area contributed by atoms with Gasteiger partial charge in [-0.15, -0.1) is 0 Å². The Morgan fingerprint density at radius 3 is 1.73 bits per heavy atom. The molecule has 2 unspecified atom stereocenters. The molecule has 0 saturated carbocycles. The van der Waals surface area contributed by atoms with Crippen molar-refractivity contribution in [3.8, 4) is 0 Å². The SMILES string of the molecule is CC(=O)C(C)CCC(=O)C=[N+]=[N-].CC(=O)C(C)CCC(=O)O. The number of carbonyl (C=O) groups is 4. The van der Waals surface area contributed by atoms with Crippen LogP contribution in [0.2, 0.25) is 0 Å². The van der Waals surface area contributed by atoms with E-state index < -0.39 is 5.97 Å². The minimum absolute atomic E-state index is 0.0567. The number of ketones is 3. The van der Waals surface area contributed by atoms with Crippen molar-refractivity contribution >= 4 is 29.5 Å². The Kier molecular flexibility index (Phi) is 12.7. The Bertz CT molecular complexity index is 453. The van der Waals surface area contributed by atoms with E-state index in [0.29, 0.717) is 12.8 Å². The maximum atomic E-state index is 10.7. The van der Waals surface area contributed by atoms with Gasteiger partial charge >= 0.3 is 12.2 Å². The number of hydrogen-bond donors (Lipinski definition) is 1. The summed E-state index contributed by atoms with van der Waals surface area (Å²) in [6, 6.07) is 0. The highest BCUT2D eigenvalue weighted by molar-refractivity contribution is 6.25. The van der Waals surface area contributed by atoms with Gasteiger partial charge in [-0.25, -0.2) is 0 Å². The van der Waals surface area contributed by atoms with Gasteiger partial charge in [-0.05, 0) is 26.7 Å². The van der Waals surface area contributed by atoms with Gasteiger partial charge in [-0.1, -0.05) is 13.8 Å². The summed E-state index contributed by atoms with van der Waals surface area (Å²) in [7, 11) is 0. The van der Waals surface area contributed by atoms with Crippen molar-refractivity contribution in [2.45, 2.75) is 53.4 Å². The summed E-state index contributed by atoms with van der Waals surface area (Å²) in [5.41, 5.74) is 7.99. The van der Waals surface area contributed by atoms with E-state index in [2.05, 4.69) is 4.79 Å². The second kappa shape index (κ2) is 12.6. The number of carboxylic acids is 1. The first kappa shape index (κ1) is 22.1. The standard InChI is InChI=1S/C8H12N2O2.C7H12O3/c1-6(7(2)11)3-4-8(12)5-10-9;1-5(6(2)8)3-4-7(9)10/h5-6H,3-4H2,1-2H3;5H,3-4H2,1-2H3,(H,9,10). The molecule has 7 nitrogen and oxygen atoms in total. The summed E-state index contributed by atoms with van der Waals surface area (Å²) in [6.07, 6.45) is 2.16. The van der Waals surface area contributed by atoms with Gasteiger partial charge in [0.15, 0.2) is 0 Å². The predicted octanol–water partition coefficient (Wildman–Crippen LogP) is 1.94. The zero-order chi connectivity index (χ0) is 17.7. The van der Waals surface area contributed by atoms with Crippen LogP contribution in [0.5, 0.6) is 0 Å². The van der Waals surface area contributed by atoms with Crippen LogP contribution < -0.4 is 0 Å². The molecule has 0 amide bonds. The van der Waals surface area contributed by atoms with E-state index in [0.717, 1.165) is 6.21 Å². The van der Waals surface area contributed by atoms with Crippen molar-refractivity contribution < 1.29 is 29.1 Å². The molecule has 0 aliphatic carbocycles. The van der Waals surface area contributed by atoms with Gasteiger partial charge in [0.1, 0.15) is 11.6 Å². The lowest BCUT2D eigenvalue weighted by molar-refractivity contribution is -0.137. The van der Waals surface area contributed by atoms with Gasteiger partial charge in [0, 0.05) is 24.7 Å². The molecule has 7 heteroatoms. The second-order valence-electron chi connectivity index (χ2n) is 5.21. The van der Waals surface area contributed by atoms with Gasteiger partial charge in [-0.2, -0.15) is 4.79 Å². The summed E-state index contributed by atoms with van der Waals surface area (Å²) in [5.74, 6) is -1.18. The van der Waals surface area contributed by atoms with E-state index in [1.165, 1.54) is 13.8 Å². The molecular formula is C15H24N2O5. The molecule has 0 aliphatic rings. The summed E-state index contributed by atoms with van der Waals surface area (Å²) in [5, 5.41) is 8.23. The average molecular weight is 312 g/mol. The Labute approximate surface area is 130 Å². The topological polar surface area (TPSA) is 125 Å². The van der Waals surface area contributed by atoms with Crippen LogP contribution in [0.1, 0.15) is 53.4 Å². The van der Waals surface area contributed by atoms with Crippen molar-refractivity contribution in [1.82, 2.24) is 0 Å². The molecule has 0 spiro atoms. The highest BCUT2D eigenvalue weighted by Gasteiger charge is 2.10. The summed E-state index contributed by atoms with van der Waals surface area (Å²) in [6.45, 7) is 6.48. The number of aliphatic carboxylic acids is 1. The predicted molar refractivity (Wildman–Crippen MR) is 80.5 cm³/mol. The highest BCUT2D eigenvalue weighted by atomic mass is 16.4. The lowest BCUT2D eigenvalue weighted by atomic mass is 10.0. The molecular weight excluding hydrogens is 288 g/mol. The molecule has 22 heavy (non-hydrogen) atoms. The first-order chi connectivity index (χ1) is 10.1. The summed E-state index contributed by atoms with van der Waals surface area (Å²) >= 11 is 0. The fourth-order valence-electron chi connectivity index (χ4n) is 1.23. The second-order valence-corrected chi connectivity index (χ2v) is 5.21. The third-order valence-electron chi connectivity index (χ3n) is 3.20. The monoisotopic (exact) mass is 312 g/mol. The van der Waals surface area contributed by atoms with Gasteiger partial charge in [-0.3, -0.25) is 19.2 Å². The molecule has 124 valence electrons. The summed E-state index contributed by atoms with van der Waals surface area (Å²) in [4.78, 5) is 44.6. The summed E-state index contributed by atoms with van der Waals surface area (Å²) < 4.78 is 0. The van der Waals surface area contributed by atoms with E-state index in [4.69, 9.17) is 10.6 Å². The minimum Gasteiger partial charge on any atom is -0.481 e. The minimum atomic E-state index is -0.840. The number of Topliss-reactive ketones (excluding diaryl/α,β-unsaturated/α-hetero) is 3. The Hall–Kier alpha value is -2.14. The molecule has 0 aromatic heterocycles. The molecule has 0 bridgehead atoms. The number of carbonyl (C=O) groups excluding carboxylic acids is 3. The molecule has 0 saturated heterocycles. The molecule has 0 aromatic carbocycles. The van der Waals surface area contributed by atoms with Crippen molar-refractivity contribution in [3.63, 3.8) is 0 Å². The van der Waals surface area contributed by atoms with Gasteiger partial charge in [0.05, 0.1) is 0 Å². The maximum Gasteiger partial charge on any atom is 0.323 e. The maximum absolute atomic E-state index is 10.7. The fourth-order valence-corrected chi connectivity index (χ4v) is 1.23. The Morgan fingerprint density at radius 2 is 1.41 bits per heavy atom. The van der Waals surface area contributed by atoms with Gasteiger partial charge < -0.3 is 10.6 Å². The van der Waals surface area contributed by atoms with Crippen LogP contribution in [0.4, 0.5) is 0 Å². The number of carboxylic acid groups (broad SMARTS) is 1. The molecule has 0 aliphatic heterocycles. The van der Waals surface area contributed by atoms with Crippen molar-refractivity contribution in [1.29, 1.82) is 0 Å². The molecule has 1 N–H and O–H groups in total. The lowest BCUT2D eigenvalue weighted by Gasteiger charge is -2.02. The Balaban J connectivity index is 0. The average Bonchev–Trinajstić information content (AvgIpc) is 2.42. The normalized spacial score (nSPS) is 12.0. The number of rotatable bonds is 9. The van der Waals surface area contributed by atoms with E-state index >= 15 is 0 Å². The third kappa shape index (κ3) is 14.3. The van der Waals surface area contributed by atoms with Crippen LogP contribution >= 0.6 is 0 Å². The van der Waals surface area contributed by atoms with Crippen LogP contribution in [0.3, 0.4) is 0 Å². The van der Waals surface area contributed by atoms with Crippen LogP contribution in [0.15, 0.2) is 0 Å². The molecule has 0 rings (SSSR count). The van der Waals surface area contributed by atoms with Crippen molar-refractivity contribution in [3.05, 3.63) is 5.53 Å². The largest absolute Gasteiger partial charge is 0.481 e. The molecule has 0 radical (unpaired) electrons. The van der Waals surface area contributed by atoms with Crippen molar-refractivity contribution in [2.75, 3.05) is 0 Å². The van der Waals surface area contributed by atoms with Gasteiger partial charge in [0.25, 0.3) is 0 Å². The number of nitrogens with zero attached hydrogens (tertiary/aromatic N) is 2. The zero-order valence-electron chi connectivity index (χ0n) is 13.5. The van der Waals surface area contributed by atoms with Crippen LogP contribution in [-0.2, 0) is 19.2 Å². The third-order valence-corrected chi connectivity index (χ3v) is 3.20. The van der Waals surface area contributed by atoms with E-state index in [1.54, 1.807) is 13.8 Å². The fraction of sp³-hybridized carbons (Fsp3) is 0.667. The number of hydrogen-bond acceptors (Lipinski definition) is 4. The van der Waals surface area contributed by atoms with Gasteiger partial charge in [0.2, 0.25) is 5.78 Å². The van der Waals surface area contributed by atoms with Crippen LogP contribution in [-0.4, -0.2) is 39.4 Å². The van der Waals surface area contributed by atoms with Crippen LogP contribution in [0, 0.1) is 11.8 Å². The van der Waals surface area contributed by atoms with E-state index in [1.807, 2.05) is 0 Å².